The maximum atomic E-state index is 7.00. The van der Waals surface area contributed by atoms with Gasteiger partial charge < -0.3 is 5.11 Å². The van der Waals surface area contributed by atoms with Crippen molar-refractivity contribution in [3.05, 3.63) is 34.9 Å². The lowest BCUT2D eigenvalue weighted by Gasteiger charge is -1.99. The van der Waals surface area contributed by atoms with Crippen molar-refractivity contribution in [2.75, 3.05) is 7.11 Å². The van der Waals surface area contributed by atoms with Crippen molar-refractivity contribution in [2.24, 2.45) is 0 Å². The summed E-state index contributed by atoms with van der Waals surface area (Å²) in [7, 11) is 1.00. The number of rotatable bonds is 2. The van der Waals surface area contributed by atoms with Gasteiger partial charge in [-0.2, -0.15) is 0 Å². The van der Waals surface area contributed by atoms with Gasteiger partial charge in [0.25, 0.3) is 0 Å². The van der Waals surface area contributed by atoms with E-state index in [0.717, 1.165) is 25.0 Å². The van der Waals surface area contributed by atoms with Gasteiger partial charge in [0, 0.05) is 12.1 Å². The lowest BCUT2D eigenvalue weighted by molar-refractivity contribution is 0.399. The molecule has 1 N–H and O–H groups in total. The fraction of sp³-hybridized carbons (Fsp3) is 0.400. The third kappa shape index (κ3) is 3.74. The minimum absolute atomic E-state index is 0.893. The van der Waals surface area contributed by atoms with Crippen LogP contribution in [-0.2, 0) is 6.42 Å². The van der Waals surface area contributed by atoms with Crippen LogP contribution in [-0.4, -0.2) is 12.2 Å². The van der Waals surface area contributed by atoms with Crippen LogP contribution < -0.4 is 0 Å². The molecule has 68 valence electrons. The maximum Gasteiger partial charge on any atom is 0.0437 e. The molecule has 2 heteroatoms. The van der Waals surface area contributed by atoms with Gasteiger partial charge in [-0.1, -0.05) is 43.1 Å². The molecule has 0 saturated carbocycles. The van der Waals surface area contributed by atoms with E-state index in [-0.39, 0.29) is 0 Å². The highest BCUT2D eigenvalue weighted by molar-refractivity contribution is 6.31. The van der Waals surface area contributed by atoms with Crippen LogP contribution in [0.1, 0.15) is 18.9 Å². The molecule has 0 bridgehead atoms. The van der Waals surface area contributed by atoms with Gasteiger partial charge >= 0.3 is 0 Å². The number of hydrogen-bond acceptors (Lipinski definition) is 1. The van der Waals surface area contributed by atoms with Gasteiger partial charge in [0.15, 0.2) is 0 Å². The number of benzene rings is 1. The van der Waals surface area contributed by atoms with E-state index in [1.807, 2.05) is 18.2 Å². The Morgan fingerprint density at radius 2 is 1.83 bits per heavy atom. The predicted octanol–water partition coefficient (Wildman–Crippen LogP) is 2.90. The molecule has 0 aliphatic rings. The molecule has 1 aromatic carbocycles. The molecular weight excluding hydrogens is 172 g/mol. The summed E-state index contributed by atoms with van der Waals surface area (Å²) in [6.07, 6.45) is 2.24. The smallest absolute Gasteiger partial charge is 0.0437 e. The molecule has 12 heavy (non-hydrogen) atoms. The second-order valence-electron chi connectivity index (χ2n) is 2.34. The molecule has 0 radical (unpaired) electrons. The van der Waals surface area contributed by atoms with Crippen molar-refractivity contribution in [1.82, 2.24) is 0 Å². The lowest BCUT2D eigenvalue weighted by atomic mass is 10.1. The van der Waals surface area contributed by atoms with Gasteiger partial charge in [0.2, 0.25) is 0 Å². The summed E-state index contributed by atoms with van der Waals surface area (Å²) >= 11 is 5.90. The molecule has 0 spiro atoms. The van der Waals surface area contributed by atoms with E-state index in [1.165, 1.54) is 5.56 Å². The normalized spacial score (nSPS) is 8.67. The van der Waals surface area contributed by atoms with E-state index >= 15 is 0 Å². The summed E-state index contributed by atoms with van der Waals surface area (Å²) in [6, 6.07) is 8.00. The Kier molecular flexibility index (Phi) is 6.82. The summed E-state index contributed by atoms with van der Waals surface area (Å²) in [4.78, 5) is 0. The minimum Gasteiger partial charge on any atom is -0.400 e. The van der Waals surface area contributed by atoms with Crippen molar-refractivity contribution in [3.8, 4) is 0 Å². The number of halogens is 1. The summed E-state index contributed by atoms with van der Waals surface area (Å²) in [5, 5.41) is 7.89. The average molecular weight is 187 g/mol. The van der Waals surface area contributed by atoms with Gasteiger partial charge in [0.1, 0.15) is 0 Å². The van der Waals surface area contributed by atoms with Crippen LogP contribution in [0.15, 0.2) is 24.3 Å². The molecule has 0 aliphatic carbocycles. The Morgan fingerprint density at radius 1 is 1.25 bits per heavy atom. The van der Waals surface area contributed by atoms with Crippen molar-refractivity contribution >= 4 is 11.6 Å². The highest BCUT2D eigenvalue weighted by atomic mass is 35.5. The highest BCUT2D eigenvalue weighted by Crippen LogP contribution is 2.15. The van der Waals surface area contributed by atoms with Crippen LogP contribution in [0.25, 0.3) is 0 Å². The van der Waals surface area contributed by atoms with Crippen molar-refractivity contribution in [1.29, 1.82) is 0 Å². The minimum atomic E-state index is 0.893. The standard InChI is InChI=1S/C9H11Cl.CH4O/c1-2-5-8-6-3-4-7-9(8)10;1-2/h3-4,6-7H,2,5H2,1H3;2H,1H3. The van der Waals surface area contributed by atoms with E-state index in [9.17, 15) is 0 Å². The molecule has 1 nitrogen and oxygen atoms in total. The Hall–Kier alpha value is -0.530. The van der Waals surface area contributed by atoms with Crippen LogP contribution >= 0.6 is 11.6 Å². The van der Waals surface area contributed by atoms with Crippen LogP contribution in [0.5, 0.6) is 0 Å². The van der Waals surface area contributed by atoms with Crippen LogP contribution in [0.3, 0.4) is 0 Å². The number of hydrogen-bond donors (Lipinski definition) is 1. The first-order valence-corrected chi connectivity index (χ1v) is 4.40. The van der Waals surface area contributed by atoms with Crippen LogP contribution in [0.4, 0.5) is 0 Å². The molecular formula is C10H15ClO. The molecule has 1 aromatic rings. The molecule has 0 saturated heterocycles. The largest absolute Gasteiger partial charge is 0.400 e. The molecule has 0 heterocycles. The van der Waals surface area contributed by atoms with E-state index in [4.69, 9.17) is 16.7 Å². The van der Waals surface area contributed by atoms with Crippen LogP contribution in [0, 0.1) is 0 Å². The topological polar surface area (TPSA) is 20.2 Å². The van der Waals surface area contributed by atoms with Gasteiger partial charge in [-0.15, -0.1) is 0 Å². The first-order valence-electron chi connectivity index (χ1n) is 4.02. The van der Waals surface area contributed by atoms with Crippen molar-refractivity contribution < 1.29 is 5.11 Å². The quantitative estimate of drug-likeness (QED) is 0.753. The number of aliphatic hydroxyl groups excluding tert-OH is 1. The fourth-order valence-corrected chi connectivity index (χ4v) is 1.20. The monoisotopic (exact) mass is 186 g/mol. The highest BCUT2D eigenvalue weighted by Gasteiger charge is 1.94. The second-order valence-corrected chi connectivity index (χ2v) is 2.75. The molecule has 0 unspecified atom stereocenters. The first-order chi connectivity index (χ1) is 5.84. The third-order valence-corrected chi connectivity index (χ3v) is 1.85. The van der Waals surface area contributed by atoms with Gasteiger partial charge in [-0.3, -0.25) is 0 Å². The molecule has 1 rings (SSSR count). The van der Waals surface area contributed by atoms with Crippen molar-refractivity contribution in [2.45, 2.75) is 19.8 Å². The maximum absolute atomic E-state index is 7.00. The van der Waals surface area contributed by atoms with E-state index in [1.54, 1.807) is 0 Å². The summed E-state index contributed by atoms with van der Waals surface area (Å²) in [5.41, 5.74) is 1.26. The third-order valence-electron chi connectivity index (χ3n) is 1.48. The van der Waals surface area contributed by atoms with Gasteiger partial charge in [-0.25, -0.2) is 0 Å². The summed E-state index contributed by atoms with van der Waals surface area (Å²) < 4.78 is 0. The zero-order valence-electron chi connectivity index (χ0n) is 7.55. The fourth-order valence-electron chi connectivity index (χ4n) is 0.970. The zero-order chi connectivity index (χ0) is 9.40. The van der Waals surface area contributed by atoms with E-state index < -0.39 is 0 Å². The lowest BCUT2D eigenvalue weighted by Crippen LogP contribution is -1.82. The van der Waals surface area contributed by atoms with Crippen molar-refractivity contribution in [3.63, 3.8) is 0 Å². The second kappa shape index (κ2) is 7.14. The Balaban J connectivity index is 0.000000561. The average Bonchev–Trinajstić information content (AvgIpc) is 2.13. The Bertz CT molecular complexity index is 211. The van der Waals surface area contributed by atoms with E-state index in [2.05, 4.69) is 13.0 Å². The molecule has 0 fully saturated rings. The summed E-state index contributed by atoms with van der Waals surface area (Å²) in [5.74, 6) is 0. The molecule has 0 amide bonds. The molecule has 0 aromatic heterocycles. The van der Waals surface area contributed by atoms with Gasteiger partial charge in [-0.05, 0) is 18.1 Å². The molecule has 0 atom stereocenters. The summed E-state index contributed by atoms with van der Waals surface area (Å²) in [6.45, 7) is 2.16. The number of aryl methyl sites for hydroxylation is 1. The Labute approximate surface area is 79.0 Å². The predicted molar refractivity (Wildman–Crippen MR) is 53.6 cm³/mol. The zero-order valence-corrected chi connectivity index (χ0v) is 8.30. The Morgan fingerprint density at radius 3 is 2.33 bits per heavy atom. The van der Waals surface area contributed by atoms with Crippen LogP contribution in [0.2, 0.25) is 5.02 Å². The van der Waals surface area contributed by atoms with Gasteiger partial charge in [0.05, 0.1) is 0 Å². The number of aliphatic hydroxyl groups is 1. The SMILES string of the molecule is CCCc1ccccc1Cl.CO. The molecule has 0 aliphatic heterocycles. The first kappa shape index (κ1) is 11.5. The van der Waals surface area contributed by atoms with E-state index in [0.29, 0.717) is 0 Å².